The molecule has 0 radical (unpaired) electrons. The van der Waals surface area contributed by atoms with Crippen LogP contribution in [0, 0.1) is 0 Å². The first-order valence-electron chi connectivity index (χ1n) is 7.53. The topological polar surface area (TPSA) is 48.3 Å². The quantitative estimate of drug-likeness (QED) is 0.695. The monoisotopic (exact) mass is 307 g/mol. The lowest BCUT2D eigenvalue weighted by Gasteiger charge is -2.11. The van der Waals surface area contributed by atoms with Crippen molar-refractivity contribution in [1.29, 1.82) is 0 Å². The van der Waals surface area contributed by atoms with Gasteiger partial charge in [0, 0.05) is 6.07 Å². The molecule has 0 fully saturated rings. The molecule has 23 heavy (non-hydrogen) atoms. The lowest BCUT2D eigenvalue weighted by Crippen LogP contribution is -2.20. The van der Waals surface area contributed by atoms with Crippen molar-refractivity contribution in [2.24, 2.45) is 0 Å². The summed E-state index contributed by atoms with van der Waals surface area (Å²) in [5, 5.41) is 0.839. The van der Waals surface area contributed by atoms with Crippen LogP contribution in [0.4, 0.5) is 0 Å². The van der Waals surface area contributed by atoms with Gasteiger partial charge in [-0.25, -0.2) is 4.79 Å². The Morgan fingerprint density at radius 3 is 2.57 bits per heavy atom. The summed E-state index contributed by atoms with van der Waals surface area (Å²) in [4.78, 5) is 24.1. The number of hydrogen-bond acceptors (Lipinski definition) is 3. The minimum absolute atomic E-state index is 0.0646. The Hall–Kier alpha value is -2.88. The highest BCUT2D eigenvalue weighted by Crippen LogP contribution is 2.16. The minimum Gasteiger partial charge on any atom is -0.462 e. The van der Waals surface area contributed by atoms with Crippen LogP contribution in [-0.2, 0) is 11.3 Å². The molecule has 0 unspecified atom stereocenters. The van der Waals surface area contributed by atoms with Crippen LogP contribution in [0.25, 0.3) is 10.9 Å². The van der Waals surface area contributed by atoms with Crippen molar-refractivity contribution in [3.8, 4) is 0 Å². The van der Waals surface area contributed by atoms with Gasteiger partial charge in [-0.2, -0.15) is 0 Å². The van der Waals surface area contributed by atoms with Crippen molar-refractivity contribution in [1.82, 2.24) is 4.57 Å². The smallest absolute Gasteiger partial charge is 0.338 e. The fraction of sp³-hybridized carbons (Fsp3) is 0.158. The van der Waals surface area contributed by atoms with Gasteiger partial charge in [-0.05, 0) is 42.1 Å². The molecule has 1 heterocycles. The summed E-state index contributed by atoms with van der Waals surface area (Å²) in [6, 6.07) is 18.3. The molecule has 0 spiro atoms. The third-order valence-corrected chi connectivity index (χ3v) is 3.68. The van der Waals surface area contributed by atoms with Crippen LogP contribution in [0.15, 0.2) is 65.5 Å². The zero-order valence-corrected chi connectivity index (χ0v) is 12.9. The van der Waals surface area contributed by atoms with Gasteiger partial charge in [-0.3, -0.25) is 4.79 Å². The Morgan fingerprint density at radius 1 is 1.04 bits per heavy atom. The molecule has 0 saturated carbocycles. The molecule has 4 heteroatoms. The average molecular weight is 307 g/mol. The maximum Gasteiger partial charge on any atom is 0.338 e. The Labute approximate surface area is 133 Å². The van der Waals surface area contributed by atoms with E-state index in [-0.39, 0.29) is 11.5 Å². The summed E-state index contributed by atoms with van der Waals surface area (Å²) in [6.07, 6.45) is 0. The number of pyridine rings is 1. The molecule has 3 rings (SSSR count). The van der Waals surface area contributed by atoms with Gasteiger partial charge in [0.2, 0.25) is 0 Å². The summed E-state index contributed by atoms with van der Waals surface area (Å²) in [6.45, 7) is 2.61. The molecular weight excluding hydrogens is 290 g/mol. The average Bonchev–Trinajstić information content (AvgIpc) is 2.58. The van der Waals surface area contributed by atoms with E-state index < -0.39 is 0 Å². The third-order valence-electron chi connectivity index (χ3n) is 3.68. The van der Waals surface area contributed by atoms with Crippen LogP contribution in [-0.4, -0.2) is 17.1 Å². The van der Waals surface area contributed by atoms with Gasteiger partial charge in [0.25, 0.3) is 5.56 Å². The van der Waals surface area contributed by atoms with Crippen molar-refractivity contribution in [3.63, 3.8) is 0 Å². The van der Waals surface area contributed by atoms with Gasteiger partial charge in [0.05, 0.1) is 24.2 Å². The van der Waals surface area contributed by atoms with E-state index in [0.717, 1.165) is 16.5 Å². The molecular formula is C19H17NO3. The van der Waals surface area contributed by atoms with Crippen LogP contribution in [0.5, 0.6) is 0 Å². The second-order valence-electron chi connectivity index (χ2n) is 5.24. The molecule has 0 aliphatic rings. The van der Waals surface area contributed by atoms with E-state index in [1.807, 2.05) is 30.3 Å². The van der Waals surface area contributed by atoms with Crippen molar-refractivity contribution in [2.45, 2.75) is 13.5 Å². The van der Waals surface area contributed by atoms with E-state index in [1.54, 1.807) is 35.8 Å². The second kappa shape index (κ2) is 6.48. The fourth-order valence-corrected chi connectivity index (χ4v) is 2.57. The van der Waals surface area contributed by atoms with Crippen LogP contribution in [0.3, 0.4) is 0 Å². The van der Waals surface area contributed by atoms with E-state index in [2.05, 4.69) is 0 Å². The summed E-state index contributed by atoms with van der Waals surface area (Å²) in [7, 11) is 0. The van der Waals surface area contributed by atoms with Gasteiger partial charge < -0.3 is 9.30 Å². The normalized spacial score (nSPS) is 10.7. The van der Waals surface area contributed by atoms with E-state index in [1.165, 1.54) is 6.07 Å². The zero-order chi connectivity index (χ0) is 16.2. The highest BCUT2D eigenvalue weighted by molar-refractivity contribution is 5.94. The lowest BCUT2D eigenvalue weighted by atomic mass is 10.1. The van der Waals surface area contributed by atoms with Gasteiger partial charge in [0.15, 0.2) is 0 Å². The number of carbonyl (C=O) groups excluding carboxylic acids is 1. The highest BCUT2D eigenvalue weighted by Gasteiger charge is 2.09. The fourth-order valence-electron chi connectivity index (χ4n) is 2.57. The lowest BCUT2D eigenvalue weighted by molar-refractivity contribution is 0.0526. The maximum atomic E-state index is 12.2. The van der Waals surface area contributed by atoms with Crippen LogP contribution in [0.1, 0.15) is 22.8 Å². The number of carbonyl (C=O) groups is 1. The molecule has 0 bridgehead atoms. The predicted molar refractivity (Wildman–Crippen MR) is 89.7 cm³/mol. The van der Waals surface area contributed by atoms with Crippen molar-refractivity contribution in [2.75, 3.05) is 6.61 Å². The van der Waals surface area contributed by atoms with Gasteiger partial charge >= 0.3 is 5.97 Å². The summed E-state index contributed by atoms with van der Waals surface area (Å²) in [5.41, 5.74) is 2.28. The Balaban J connectivity index is 2.06. The molecule has 2 aromatic carbocycles. The first kappa shape index (κ1) is 15.0. The molecule has 0 aliphatic heterocycles. The molecule has 0 amide bonds. The van der Waals surface area contributed by atoms with Crippen molar-refractivity contribution >= 4 is 16.9 Å². The number of fused-ring (bicyclic) bond motifs is 1. The van der Waals surface area contributed by atoms with Crippen molar-refractivity contribution < 1.29 is 9.53 Å². The van der Waals surface area contributed by atoms with Gasteiger partial charge in [-0.15, -0.1) is 0 Å². The third kappa shape index (κ3) is 3.16. The van der Waals surface area contributed by atoms with E-state index in [0.29, 0.717) is 18.7 Å². The maximum absolute atomic E-state index is 12.2. The SMILES string of the molecule is CCOC(=O)c1ccc2c(ccc(=O)n2Cc2ccccc2)c1. The number of nitrogens with zero attached hydrogens (tertiary/aromatic N) is 1. The Morgan fingerprint density at radius 2 is 1.83 bits per heavy atom. The summed E-state index contributed by atoms with van der Waals surface area (Å²) < 4.78 is 6.73. The van der Waals surface area contributed by atoms with Crippen molar-refractivity contribution in [3.05, 3.63) is 82.1 Å². The molecule has 116 valence electrons. The number of esters is 1. The summed E-state index contributed by atoms with van der Waals surface area (Å²) >= 11 is 0. The van der Waals surface area contributed by atoms with Crippen LogP contribution < -0.4 is 5.56 Å². The largest absolute Gasteiger partial charge is 0.462 e. The number of rotatable bonds is 4. The molecule has 0 saturated heterocycles. The van der Waals surface area contributed by atoms with Crippen LogP contribution in [0.2, 0.25) is 0 Å². The second-order valence-corrected chi connectivity index (χ2v) is 5.24. The van der Waals surface area contributed by atoms with Gasteiger partial charge in [0.1, 0.15) is 0 Å². The number of ether oxygens (including phenoxy) is 1. The number of benzene rings is 2. The number of aromatic nitrogens is 1. The van der Waals surface area contributed by atoms with E-state index in [4.69, 9.17) is 4.74 Å². The predicted octanol–water partition coefficient (Wildman–Crippen LogP) is 3.23. The highest BCUT2D eigenvalue weighted by atomic mass is 16.5. The summed E-state index contributed by atoms with van der Waals surface area (Å²) in [5.74, 6) is -0.352. The first-order valence-corrected chi connectivity index (χ1v) is 7.53. The van der Waals surface area contributed by atoms with E-state index >= 15 is 0 Å². The number of hydrogen-bond donors (Lipinski definition) is 0. The zero-order valence-electron chi connectivity index (χ0n) is 12.9. The molecule has 4 nitrogen and oxygen atoms in total. The first-order chi connectivity index (χ1) is 11.2. The van der Waals surface area contributed by atoms with E-state index in [9.17, 15) is 9.59 Å². The molecule has 0 N–H and O–H groups in total. The molecule has 3 aromatic rings. The Bertz CT molecular complexity index is 897. The minimum atomic E-state index is -0.352. The molecule has 1 aromatic heterocycles. The van der Waals surface area contributed by atoms with Gasteiger partial charge in [-0.1, -0.05) is 30.3 Å². The molecule has 0 aliphatic carbocycles. The standard InChI is InChI=1S/C19H17NO3/c1-2-23-19(22)16-8-10-17-15(12-16)9-11-18(21)20(17)13-14-6-4-3-5-7-14/h3-12H,2,13H2,1H3. The van der Waals surface area contributed by atoms with Crippen LogP contribution >= 0.6 is 0 Å². The molecule has 0 atom stereocenters. The Kier molecular flexibility index (Phi) is 4.24.